The smallest absolute Gasteiger partial charge is 0.0635 e. The molecular weight excluding hydrogens is 280 g/mol. The van der Waals surface area contributed by atoms with Crippen molar-refractivity contribution in [3.63, 3.8) is 0 Å². The molecule has 0 fully saturated rings. The van der Waals surface area contributed by atoms with Crippen molar-refractivity contribution in [1.82, 2.24) is 9.88 Å². The Hall–Kier alpha value is -1.74. The van der Waals surface area contributed by atoms with Crippen LogP contribution in [0.1, 0.15) is 28.5 Å². The molecule has 0 aliphatic carbocycles. The van der Waals surface area contributed by atoms with Gasteiger partial charge in [-0.05, 0) is 35.6 Å². The molecule has 1 unspecified atom stereocenters. The zero-order chi connectivity index (χ0) is 15.1. The molecule has 21 heavy (non-hydrogen) atoms. The first kappa shape index (κ1) is 15.6. The number of rotatable bonds is 7. The van der Waals surface area contributed by atoms with Gasteiger partial charge in [-0.3, -0.25) is 9.88 Å². The van der Waals surface area contributed by atoms with Gasteiger partial charge >= 0.3 is 0 Å². The number of thiophene rings is 1. The number of hydrogen-bond donors (Lipinski definition) is 1. The largest absolute Gasteiger partial charge is 0.329 e. The number of aryl methyl sites for hydroxylation is 1. The molecule has 0 aromatic carbocycles. The minimum Gasteiger partial charge on any atom is -0.329 e. The molecule has 0 amide bonds. The molecule has 2 aromatic heterocycles. The Bertz CT molecular complexity index is 588. The molecule has 0 saturated carbocycles. The number of nitriles is 1. The van der Waals surface area contributed by atoms with Crippen molar-refractivity contribution in [3.8, 4) is 6.07 Å². The summed E-state index contributed by atoms with van der Waals surface area (Å²) in [6.07, 6.45) is 4.14. The monoisotopic (exact) mass is 300 g/mol. The van der Waals surface area contributed by atoms with Crippen LogP contribution in [0.3, 0.4) is 0 Å². The maximum Gasteiger partial charge on any atom is 0.0635 e. The summed E-state index contributed by atoms with van der Waals surface area (Å²) in [5.41, 5.74) is 8.43. The van der Waals surface area contributed by atoms with Gasteiger partial charge in [0.1, 0.15) is 0 Å². The minimum absolute atomic E-state index is 0.151. The van der Waals surface area contributed by atoms with Gasteiger partial charge < -0.3 is 5.73 Å². The van der Waals surface area contributed by atoms with E-state index in [1.165, 1.54) is 10.4 Å². The number of pyridine rings is 1. The second-order valence-electron chi connectivity index (χ2n) is 4.96. The Morgan fingerprint density at radius 2 is 2.33 bits per heavy atom. The summed E-state index contributed by atoms with van der Waals surface area (Å²) in [5.74, 6) is 0. The molecule has 2 N–H and O–H groups in total. The molecule has 110 valence electrons. The van der Waals surface area contributed by atoms with Crippen LogP contribution in [0.25, 0.3) is 0 Å². The van der Waals surface area contributed by atoms with Gasteiger partial charge in [0.15, 0.2) is 0 Å². The molecule has 2 rings (SSSR count). The highest BCUT2D eigenvalue weighted by Crippen LogP contribution is 2.29. The predicted octanol–water partition coefficient (Wildman–Crippen LogP) is 2.87. The highest BCUT2D eigenvalue weighted by Gasteiger charge is 2.21. The fourth-order valence-corrected chi connectivity index (χ4v) is 3.49. The fourth-order valence-electron chi connectivity index (χ4n) is 2.41. The van der Waals surface area contributed by atoms with Crippen molar-refractivity contribution >= 4 is 11.3 Å². The average Bonchev–Trinajstić information content (AvgIpc) is 2.92. The van der Waals surface area contributed by atoms with E-state index in [0.29, 0.717) is 19.5 Å². The number of hydrogen-bond acceptors (Lipinski definition) is 5. The molecule has 2 aromatic rings. The van der Waals surface area contributed by atoms with Crippen LogP contribution in [0.2, 0.25) is 0 Å². The lowest BCUT2D eigenvalue weighted by Crippen LogP contribution is -2.34. The van der Waals surface area contributed by atoms with Gasteiger partial charge in [0, 0.05) is 43.3 Å². The van der Waals surface area contributed by atoms with Crippen molar-refractivity contribution < 1.29 is 0 Å². The van der Waals surface area contributed by atoms with Crippen LogP contribution >= 0.6 is 11.3 Å². The number of aromatic nitrogens is 1. The fraction of sp³-hybridized carbons (Fsp3) is 0.375. The molecule has 1 atom stereocenters. The Balaban J connectivity index is 2.21. The number of nitrogens with zero attached hydrogens (tertiary/aromatic N) is 3. The number of nitrogens with two attached hydrogens (primary N) is 1. The first-order valence-electron chi connectivity index (χ1n) is 7.00. The summed E-state index contributed by atoms with van der Waals surface area (Å²) >= 11 is 1.73. The summed E-state index contributed by atoms with van der Waals surface area (Å²) < 4.78 is 0. The molecule has 0 bridgehead atoms. The summed E-state index contributed by atoms with van der Waals surface area (Å²) in [6.45, 7) is 4.13. The van der Waals surface area contributed by atoms with Crippen LogP contribution in [0.15, 0.2) is 36.0 Å². The van der Waals surface area contributed by atoms with E-state index in [0.717, 1.165) is 12.1 Å². The lowest BCUT2D eigenvalue weighted by Gasteiger charge is -2.30. The maximum atomic E-state index is 8.90. The quantitative estimate of drug-likeness (QED) is 0.854. The highest BCUT2D eigenvalue weighted by molar-refractivity contribution is 7.10. The molecule has 0 spiro atoms. The van der Waals surface area contributed by atoms with Crippen molar-refractivity contribution in [2.45, 2.75) is 25.9 Å². The topological polar surface area (TPSA) is 65.9 Å². The molecule has 0 aliphatic rings. The predicted molar refractivity (Wildman–Crippen MR) is 85.7 cm³/mol. The van der Waals surface area contributed by atoms with Crippen LogP contribution in [-0.2, 0) is 6.54 Å². The van der Waals surface area contributed by atoms with E-state index in [-0.39, 0.29) is 6.04 Å². The summed E-state index contributed by atoms with van der Waals surface area (Å²) in [4.78, 5) is 7.73. The van der Waals surface area contributed by atoms with E-state index in [4.69, 9.17) is 11.0 Å². The van der Waals surface area contributed by atoms with Crippen molar-refractivity contribution in [1.29, 1.82) is 5.26 Å². The second-order valence-corrected chi connectivity index (χ2v) is 5.91. The van der Waals surface area contributed by atoms with Gasteiger partial charge in [0.2, 0.25) is 0 Å². The lowest BCUT2D eigenvalue weighted by molar-refractivity contribution is 0.199. The molecule has 0 saturated heterocycles. The van der Waals surface area contributed by atoms with Crippen LogP contribution in [-0.4, -0.2) is 23.0 Å². The molecular formula is C16H20N4S. The highest BCUT2D eigenvalue weighted by atomic mass is 32.1. The van der Waals surface area contributed by atoms with Crippen LogP contribution in [0.4, 0.5) is 0 Å². The van der Waals surface area contributed by atoms with Crippen LogP contribution < -0.4 is 5.73 Å². The summed E-state index contributed by atoms with van der Waals surface area (Å²) in [7, 11) is 0. The van der Waals surface area contributed by atoms with Gasteiger partial charge in [-0.25, -0.2) is 0 Å². The molecule has 0 radical (unpaired) electrons. The molecule has 5 heteroatoms. The van der Waals surface area contributed by atoms with E-state index >= 15 is 0 Å². The van der Waals surface area contributed by atoms with Gasteiger partial charge in [0.05, 0.1) is 12.1 Å². The van der Waals surface area contributed by atoms with E-state index in [2.05, 4.69) is 40.4 Å². The minimum atomic E-state index is 0.151. The average molecular weight is 300 g/mol. The third kappa shape index (κ3) is 4.11. The second kappa shape index (κ2) is 7.89. The summed E-state index contributed by atoms with van der Waals surface area (Å²) in [5, 5.41) is 11.0. The van der Waals surface area contributed by atoms with Crippen molar-refractivity contribution in [2.75, 3.05) is 13.1 Å². The third-order valence-electron chi connectivity index (χ3n) is 3.49. The third-order valence-corrected chi connectivity index (χ3v) is 4.61. The summed E-state index contributed by atoms with van der Waals surface area (Å²) in [6, 6.07) is 8.49. The van der Waals surface area contributed by atoms with Crippen LogP contribution in [0.5, 0.6) is 0 Å². The van der Waals surface area contributed by atoms with Gasteiger partial charge in [-0.2, -0.15) is 5.26 Å². The molecule has 4 nitrogen and oxygen atoms in total. The maximum absolute atomic E-state index is 8.90. The zero-order valence-corrected chi connectivity index (χ0v) is 13.0. The standard InChI is InChI=1S/C16H20N4S/c1-13-5-9-21-16(13)15(10-18)20(8-3-6-17)12-14-4-2-7-19-11-14/h2,4-5,7,9,11,15H,3,8,10,12,18H2,1H3. The van der Waals surface area contributed by atoms with Gasteiger partial charge in [-0.15, -0.1) is 11.3 Å². The molecule has 2 heterocycles. The van der Waals surface area contributed by atoms with Gasteiger partial charge in [-0.1, -0.05) is 6.07 Å². The first-order chi connectivity index (χ1) is 10.3. The normalized spacial score (nSPS) is 12.3. The Morgan fingerprint density at radius 3 is 2.90 bits per heavy atom. The Labute approximate surface area is 129 Å². The van der Waals surface area contributed by atoms with E-state index in [9.17, 15) is 0 Å². The van der Waals surface area contributed by atoms with E-state index in [1.807, 2.05) is 12.3 Å². The first-order valence-corrected chi connectivity index (χ1v) is 7.88. The van der Waals surface area contributed by atoms with Gasteiger partial charge in [0.25, 0.3) is 0 Å². The Morgan fingerprint density at radius 1 is 1.48 bits per heavy atom. The van der Waals surface area contributed by atoms with Crippen molar-refractivity contribution in [3.05, 3.63) is 52.0 Å². The zero-order valence-electron chi connectivity index (χ0n) is 12.2. The SMILES string of the molecule is Cc1ccsc1C(CN)N(CCC#N)Cc1cccnc1. The lowest BCUT2D eigenvalue weighted by atomic mass is 10.1. The van der Waals surface area contributed by atoms with Crippen molar-refractivity contribution in [2.24, 2.45) is 5.73 Å². The van der Waals surface area contributed by atoms with E-state index in [1.54, 1.807) is 17.5 Å². The Kier molecular flexibility index (Phi) is 5.88. The van der Waals surface area contributed by atoms with Crippen LogP contribution in [0, 0.1) is 18.3 Å². The van der Waals surface area contributed by atoms with E-state index < -0.39 is 0 Å². The molecule has 0 aliphatic heterocycles.